The second kappa shape index (κ2) is 8.78. The fraction of sp³-hybridized carbons (Fsp3) is 0.364. The molecule has 2 amide bonds. The number of likely N-dealkylation sites (tertiary alicyclic amines) is 1. The summed E-state index contributed by atoms with van der Waals surface area (Å²) < 4.78 is 6.01. The summed E-state index contributed by atoms with van der Waals surface area (Å²) in [6, 6.07) is 15.3. The van der Waals surface area contributed by atoms with Gasteiger partial charge in [0.05, 0.1) is 5.92 Å². The Morgan fingerprint density at radius 1 is 1.21 bits per heavy atom. The number of hydrogen-bond acceptors (Lipinski definition) is 3. The van der Waals surface area contributed by atoms with Crippen molar-refractivity contribution in [2.75, 3.05) is 18.4 Å². The standard InChI is InChI=1S/C22H26N2O4/c1-15-13-19(28-16(2)17-7-4-3-5-8-17)10-11-20(15)23-22(27)24-12-6-9-18(14-24)21(25)26/h3-5,7-8,10-11,13,16,18H,6,9,12,14H2,1-2H3,(H,23,27)(H,25,26). The maximum atomic E-state index is 12.5. The van der Waals surface area contributed by atoms with E-state index < -0.39 is 11.9 Å². The highest BCUT2D eigenvalue weighted by atomic mass is 16.5. The van der Waals surface area contributed by atoms with E-state index in [-0.39, 0.29) is 18.7 Å². The molecule has 6 heteroatoms. The first kappa shape index (κ1) is 19.7. The van der Waals surface area contributed by atoms with Crippen LogP contribution in [0.1, 0.15) is 37.0 Å². The maximum Gasteiger partial charge on any atom is 0.321 e. The lowest BCUT2D eigenvalue weighted by molar-refractivity contribution is -0.143. The largest absolute Gasteiger partial charge is 0.486 e. The van der Waals surface area contributed by atoms with E-state index in [0.29, 0.717) is 25.1 Å². The van der Waals surface area contributed by atoms with Crippen LogP contribution in [-0.2, 0) is 4.79 Å². The predicted molar refractivity (Wildman–Crippen MR) is 108 cm³/mol. The second-order valence-electron chi connectivity index (χ2n) is 7.20. The van der Waals surface area contributed by atoms with Crippen LogP contribution in [0.3, 0.4) is 0 Å². The van der Waals surface area contributed by atoms with E-state index in [1.165, 1.54) is 0 Å². The topological polar surface area (TPSA) is 78.9 Å². The molecule has 0 spiro atoms. The van der Waals surface area contributed by atoms with Crippen molar-refractivity contribution in [2.24, 2.45) is 5.92 Å². The van der Waals surface area contributed by atoms with E-state index in [0.717, 1.165) is 16.9 Å². The third-order valence-corrected chi connectivity index (χ3v) is 5.08. The second-order valence-corrected chi connectivity index (χ2v) is 7.20. The van der Waals surface area contributed by atoms with Crippen LogP contribution in [0, 0.1) is 12.8 Å². The predicted octanol–water partition coefficient (Wildman–Crippen LogP) is 4.46. The molecule has 3 rings (SSSR count). The van der Waals surface area contributed by atoms with Crippen LogP contribution < -0.4 is 10.1 Å². The lowest BCUT2D eigenvalue weighted by Crippen LogP contribution is -2.44. The number of piperidine rings is 1. The smallest absolute Gasteiger partial charge is 0.321 e. The van der Waals surface area contributed by atoms with Gasteiger partial charge in [-0.3, -0.25) is 4.79 Å². The summed E-state index contributed by atoms with van der Waals surface area (Å²) in [4.78, 5) is 25.3. The Labute approximate surface area is 165 Å². The third kappa shape index (κ3) is 4.82. The number of aryl methyl sites for hydroxylation is 1. The first-order valence-electron chi connectivity index (χ1n) is 9.55. The van der Waals surface area contributed by atoms with Crippen molar-refractivity contribution in [3.05, 3.63) is 59.7 Å². The minimum Gasteiger partial charge on any atom is -0.486 e. The minimum atomic E-state index is -0.845. The molecule has 0 saturated carbocycles. The molecule has 1 aliphatic heterocycles. The highest BCUT2D eigenvalue weighted by molar-refractivity contribution is 5.90. The number of hydrogen-bond donors (Lipinski definition) is 2. The SMILES string of the molecule is Cc1cc(OC(C)c2ccccc2)ccc1NC(=O)N1CCCC(C(=O)O)C1. The first-order valence-corrected chi connectivity index (χ1v) is 9.55. The monoisotopic (exact) mass is 382 g/mol. The number of carbonyl (C=O) groups is 2. The van der Waals surface area contributed by atoms with E-state index in [1.807, 2.05) is 62.4 Å². The van der Waals surface area contributed by atoms with Gasteiger partial charge in [0.1, 0.15) is 11.9 Å². The van der Waals surface area contributed by atoms with E-state index in [1.54, 1.807) is 4.90 Å². The highest BCUT2D eigenvalue weighted by Gasteiger charge is 2.28. The van der Waals surface area contributed by atoms with E-state index in [2.05, 4.69) is 5.32 Å². The number of carboxylic acids is 1. The van der Waals surface area contributed by atoms with Crippen molar-refractivity contribution < 1.29 is 19.4 Å². The number of carboxylic acid groups (broad SMARTS) is 1. The van der Waals surface area contributed by atoms with Gasteiger partial charge in [-0.1, -0.05) is 30.3 Å². The van der Waals surface area contributed by atoms with Gasteiger partial charge in [-0.2, -0.15) is 0 Å². The number of nitrogens with zero attached hydrogens (tertiary/aromatic N) is 1. The molecular formula is C22H26N2O4. The van der Waals surface area contributed by atoms with Crippen molar-refractivity contribution >= 4 is 17.7 Å². The zero-order valence-electron chi connectivity index (χ0n) is 16.2. The average Bonchev–Trinajstić information content (AvgIpc) is 2.70. The Morgan fingerprint density at radius 3 is 2.64 bits per heavy atom. The van der Waals surface area contributed by atoms with Gasteiger partial charge in [-0.15, -0.1) is 0 Å². The molecule has 0 aromatic heterocycles. The van der Waals surface area contributed by atoms with Crippen molar-refractivity contribution in [2.45, 2.75) is 32.8 Å². The van der Waals surface area contributed by atoms with Gasteiger partial charge in [-0.25, -0.2) is 4.79 Å². The number of ether oxygens (including phenoxy) is 1. The number of aliphatic carboxylic acids is 1. The Hall–Kier alpha value is -3.02. The van der Waals surface area contributed by atoms with Crippen molar-refractivity contribution in [1.29, 1.82) is 0 Å². The molecule has 2 aromatic carbocycles. The summed E-state index contributed by atoms with van der Waals surface area (Å²) in [6.45, 7) is 4.72. The fourth-order valence-electron chi connectivity index (χ4n) is 3.40. The highest BCUT2D eigenvalue weighted by Crippen LogP contribution is 2.26. The number of urea groups is 1. The molecule has 0 bridgehead atoms. The summed E-state index contributed by atoms with van der Waals surface area (Å²) >= 11 is 0. The summed E-state index contributed by atoms with van der Waals surface area (Å²) in [5.74, 6) is -0.602. The summed E-state index contributed by atoms with van der Waals surface area (Å²) in [6.07, 6.45) is 1.24. The van der Waals surface area contributed by atoms with Crippen LogP contribution in [-0.4, -0.2) is 35.1 Å². The molecule has 28 heavy (non-hydrogen) atoms. The van der Waals surface area contributed by atoms with Gasteiger partial charge >= 0.3 is 12.0 Å². The maximum absolute atomic E-state index is 12.5. The Balaban J connectivity index is 1.62. The Kier molecular flexibility index (Phi) is 6.19. The first-order chi connectivity index (χ1) is 13.4. The molecule has 0 radical (unpaired) electrons. The fourth-order valence-corrected chi connectivity index (χ4v) is 3.40. The number of nitrogens with one attached hydrogen (secondary N) is 1. The number of carbonyl (C=O) groups excluding carboxylic acids is 1. The Morgan fingerprint density at radius 2 is 1.96 bits per heavy atom. The van der Waals surface area contributed by atoms with Gasteiger partial charge in [0.15, 0.2) is 0 Å². The average molecular weight is 382 g/mol. The van der Waals surface area contributed by atoms with Gasteiger partial charge in [-0.05, 0) is 56.0 Å². The normalized spacial score (nSPS) is 17.6. The van der Waals surface area contributed by atoms with Crippen LogP contribution >= 0.6 is 0 Å². The van der Waals surface area contributed by atoms with Gasteiger partial charge in [0.2, 0.25) is 0 Å². The number of benzene rings is 2. The molecule has 2 unspecified atom stereocenters. The van der Waals surface area contributed by atoms with Crippen LogP contribution in [0.4, 0.5) is 10.5 Å². The molecule has 6 nitrogen and oxygen atoms in total. The number of amides is 2. The third-order valence-electron chi connectivity index (χ3n) is 5.08. The molecule has 1 fully saturated rings. The number of anilines is 1. The molecule has 2 aromatic rings. The molecule has 1 heterocycles. The summed E-state index contributed by atoms with van der Waals surface area (Å²) in [5, 5.41) is 12.1. The molecule has 148 valence electrons. The molecular weight excluding hydrogens is 356 g/mol. The molecule has 1 saturated heterocycles. The zero-order valence-corrected chi connectivity index (χ0v) is 16.2. The molecule has 2 N–H and O–H groups in total. The molecule has 0 aliphatic carbocycles. The van der Waals surface area contributed by atoms with Gasteiger partial charge in [0, 0.05) is 18.8 Å². The van der Waals surface area contributed by atoms with Gasteiger partial charge < -0.3 is 20.1 Å². The van der Waals surface area contributed by atoms with Crippen LogP contribution in [0.5, 0.6) is 5.75 Å². The summed E-state index contributed by atoms with van der Waals surface area (Å²) in [7, 11) is 0. The Bertz CT molecular complexity index is 838. The van der Waals surface area contributed by atoms with Crippen LogP contribution in [0.2, 0.25) is 0 Å². The number of rotatable bonds is 5. The van der Waals surface area contributed by atoms with Crippen molar-refractivity contribution in [3.8, 4) is 5.75 Å². The van der Waals surface area contributed by atoms with Crippen molar-refractivity contribution in [1.82, 2.24) is 4.90 Å². The van der Waals surface area contributed by atoms with Crippen LogP contribution in [0.15, 0.2) is 48.5 Å². The lowest BCUT2D eigenvalue weighted by atomic mass is 9.99. The molecule has 2 atom stereocenters. The summed E-state index contributed by atoms with van der Waals surface area (Å²) in [5.41, 5.74) is 2.68. The lowest BCUT2D eigenvalue weighted by Gasteiger charge is -2.31. The quantitative estimate of drug-likeness (QED) is 0.800. The van der Waals surface area contributed by atoms with E-state index in [9.17, 15) is 14.7 Å². The zero-order chi connectivity index (χ0) is 20.1. The van der Waals surface area contributed by atoms with E-state index >= 15 is 0 Å². The van der Waals surface area contributed by atoms with Gasteiger partial charge in [0.25, 0.3) is 0 Å². The minimum absolute atomic E-state index is 0.0812. The van der Waals surface area contributed by atoms with E-state index in [4.69, 9.17) is 4.74 Å². The van der Waals surface area contributed by atoms with Crippen LogP contribution in [0.25, 0.3) is 0 Å². The molecule has 1 aliphatic rings. The van der Waals surface area contributed by atoms with Crippen molar-refractivity contribution in [3.63, 3.8) is 0 Å².